The molecule has 2 aromatic carbocycles. The van der Waals surface area contributed by atoms with E-state index >= 15 is 4.39 Å². The number of hydrogen-bond donors (Lipinski definition) is 2. The number of carbonyl (C=O) groups excluding carboxylic acids is 1. The van der Waals surface area contributed by atoms with Crippen molar-refractivity contribution in [3.05, 3.63) is 48.4 Å². The van der Waals surface area contributed by atoms with Gasteiger partial charge in [-0.15, -0.1) is 0 Å². The molecule has 9 nitrogen and oxygen atoms in total. The van der Waals surface area contributed by atoms with Crippen molar-refractivity contribution < 1.29 is 19.0 Å². The van der Waals surface area contributed by atoms with E-state index in [1.807, 2.05) is 54.8 Å². The fourth-order valence-electron chi connectivity index (χ4n) is 5.67. The number of amides is 1. The topological polar surface area (TPSA) is 118 Å². The molecule has 0 radical (unpaired) electrons. The number of benzene rings is 2. The minimum Gasteiger partial charge on any atom is -0.508 e. The Morgan fingerprint density at radius 2 is 1.82 bits per heavy atom. The minimum atomic E-state index is -0.635. The lowest BCUT2D eigenvalue weighted by molar-refractivity contribution is 0.0123. The van der Waals surface area contributed by atoms with E-state index in [9.17, 15) is 9.90 Å². The van der Waals surface area contributed by atoms with Crippen molar-refractivity contribution in [2.45, 2.75) is 51.3 Å². The van der Waals surface area contributed by atoms with Gasteiger partial charge in [0.2, 0.25) is 5.95 Å². The molecule has 2 aliphatic rings. The molecule has 196 valence electrons. The van der Waals surface area contributed by atoms with E-state index in [1.165, 1.54) is 6.07 Å². The van der Waals surface area contributed by atoms with E-state index in [1.54, 1.807) is 12.3 Å². The average molecular weight is 517 g/mol. The second-order valence-electron chi connectivity index (χ2n) is 11.0. The van der Waals surface area contributed by atoms with Crippen molar-refractivity contribution in [1.29, 1.82) is 0 Å². The Kier molecular flexibility index (Phi) is 5.51. The van der Waals surface area contributed by atoms with Crippen LogP contribution in [0.2, 0.25) is 0 Å². The molecule has 2 aromatic heterocycles. The van der Waals surface area contributed by atoms with Gasteiger partial charge < -0.3 is 20.5 Å². The molecule has 38 heavy (non-hydrogen) atoms. The molecule has 2 atom stereocenters. The molecule has 1 amide bonds. The average Bonchev–Trinajstić information content (AvgIpc) is 3.12. The van der Waals surface area contributed by atoms with E-state index in [0.717, 1.165) is 23.6 Å². The van der Waals surface area contributed by atoms with Gasteiger partial charge in [0, 0.05) is 24.8 Å². The number of nitrogens with zero attached hydrogens (tertiary/aromatic N) is 5. The van der Waals surface area contributed by atoms with Crippen LogP contribution in [0.5, 0.6) is 5.75 Å². The predicted molar refractivity (Wildman–Crippen MR) is 143 cm³/mol. The summed E-state index contributed by atoms with van der Waals surface area (Å²) in [4.78, 5) is 29.9. The number of phenolic OH excluding ortho intramolecular Hbond substituents is 1. The number of hydrogen-bond acceptors (Lipinski definition) is 8. The van der Waals surface area contributed by atoms with Gasteiger partial charge in [-0.3, -0.25) is 9.88 Å². The smallest absolute Gasteiger partial charge is 0.410 e. The van der Waals surface area contributed by atoms with E-state index < -0.39 is 11.4 Å². The molecule has 4 heterocycles. The zero-order chi connectivity index (χ0) is 26.8. The van der Waals surface area contributed by atoms with Gasteiger partial charge in [0.1, 0.15) is 28.4 Å². The van der Waals surface area contributed by atoms with E-state index in [2.05, 4.69) is 15.0 Å². The maximum absolute atomic E-state index is 16.1. The number of phenols is 1. The van der Waals surface area contributed by atoms with Gasteiger partial charge in [0.25, 0.3) is 0 Å². The van der Waals surface area contributed by atoms with Crippen molar-refractivity contribution in [3.63, 3.8) is 0 Å². The zero-order valence-electron chi connectivity index (χ0n) is 21.5. The summed E-state index contributed by atoms with van der Waals surface area (Å²) in [5.41, 5.74) is 6.09. The van der Waals surface area contributed by atoms with Crippen LogP contribution >= 0.6 is 0 Å². The summed E-state index contributed by atoms with van der Waals surface area (Å²) in [6, 6.07) is 10.4. The van der Waals surface area contributed by atoms with Crippen LogP contribution in [0, 0.1) is 5.82 Å². The summed E-state index contributed by atoms with van der Waals surface area (Å²) in [5, 5.41) is 12.2. The van der Waals surface area contributed by atoms with Crippen LogP contribution in [0.4, 0.5) is 21.0 Å². The largest absolute Gasteiger partial charge is 0.508 e. The number of aromatic nitrogens is 3. The maximum Gasteiger partial charge on any atom is 0.410 e. The van der Waals surface area contributed by atoms with Crippen LogP contribution in [-0.4, -0.2) is 61.8 Å². The molecule has 2 saturated heterocycles. The number of carbonyl (C=O) groups is 1. The van der Waals surface area contributed by atoms with Gasteiger partial charge in [-0.1, -0.05) is 24.3 Å². The molecule has 2 fully saturated rings. The second-order valence-corrected chi connectivity index (χ2v) is 11.0. The Morgan fingerprint density at radius 1 is 1.11 bits per heavy atom. The highest BCUT2D eigenvalue weighted by Crippen LogP contribution is 2.38. The van der Waals surface area contributed by atoms with Crippen LogP contribution in [0.3, 0.4) is 0 Å². The number of halogens is 1. The third-order valence-corrected chi connectivity index (χ3v) is 7.17. The molecule has 0 saturated carbocycles. The summed E-state index contributed by atoms with van der Waals surface area (Å²) in [7, 11) is 0. The van der Waals surface area contributed by atoms with Crippen molar-refractivity contribution in [1.82, 2.24) is 19.9 Å². The van der Waals surface area contributed by atoms with E-state index in [0.29, 0.717) is 29.9 Å². The van der Waals surface area contributed by atoms with Crippen molar-refractivity contribution in [2.24, 2.45) is 0 Å². The quantitative estimate of drug-likeness (QED) is 0.388. The first-order valence-corrected chi connectivity index (χ1v) is 12.7. The fraction of sp³-hybridized carbons (Fsp3) is 0.357. The van der Waals surface area contributed by atoms with Gasteiger partial charge in [0.05, 0.1) is 17.5 Å². The van der Waals surface area contributed by atoms with Crippen LogP contribution in [0.15, 0.2) is 42.6 Å². The SMILES string of the molecule is CC(C)(C)OC(=O)N1C2CCC1CN(c1nc(N)nc3c(F)c(-c4cc(O)cc5ccccc45)ncc13)C2. The Morgan fingerprint density at radius 3 is 2.53 bits per heavy atom. The molecule has 2 aliphatic heterocycles. The van der Waals surface area contributed by atoms with Crippen molar-refractivity contribution >= 4 is 39.5 Å². The van der Waals surface area contributed by atoms with Crippen LogP contribution in [-0.2, 0) is 4.74 Å². The van der Waals surface area contributed by atoms with Gasteiger partial charge in [-0.05, 0) is 56.5 Å². The normalized spacial score (nSPS) is 19.4. The van der Waals surface area contributed by atoms with Crippen LogP contribution < -0.4 is 10.6 Å². The van der Waals surface area contributed by atoms with Crippen LogP contribution in [0.25, 0.3) is 32.9 Å². The number of nitrogen functional groups attached to an aromatic ring is 1. The molecule has 10 heteroatoms. The second kappa shape index (κ2) is 8.68. The number of aromatic hydroxyl groups is 1. The molecule has 0 spiro atoms. The molecule has 2 unspecified atom stereocenters. The molecular formula is C28H29FN6O3. The zero-order valence-corrected chi connectivity index (χ0v) is 21.5. The lowest BCUT2D eigenvalue weighted by Crippen LogP contribution is -2.57. The number of piperazine rings is 1. The highest BCUT2D eigenvalue weighted by atomic mass is 19.1. The van der Waals surface area contributed by atoms with Gasteiger partial charge in [-0.25, -0.2) is 14.2 Å². The lowest BCUT2D eigenvalue weighted by atomic mass is 10.00. The number of nitrogens with two attached hydrogens (primary N) is 1. The van der Waals surface area contributed by atoms with E-state index in [4.69, 9.17) is 10.5 Å². The van der Waals surface area contributed by atoms with Gasteiger partial charge >= 0.3 is 6.09 Å². The number of pyridine rings is 1. The first-order chi connectivity index (χ1) is 18.1. The third kappa shape index (κ3) is 4.09. The summed E-state index contributed by atoms with van der Waals surface area (Å²) < 4.78 is 21.7. The van der Waals surface area contributed by atoms with Crippen molar-refractivity contribution in [3.8, 4) is 17.0 Å². The first kappa shape index (κ1) is 24.1. The molecule has 6 rings (SSSR count). The number of rotatable bonds is 2. The third-order valence-electron chi connectivity index (χ3n) is 7.17. The molecule has 0 aliphatic carbocycles. The highest BCUT2D eigenvalue weighted by molar-refractivity contribution is 6.00. The fourth-order valence-corrected chi connectivity index (χ4v) is 5.67. The molecule has 3 N–H and O–H groups in total. The Bertz CT molecular complexity index is 1570. The van der Waals surface area contributed by atoms with Crippen molar-refractivity contribution in [2.75, 3.05) is 23.7 Å². The molecular weight excluding hydrogens is 487 g/mol. The summed E-state index contributed by atoms with van der Waals surface area (Å²) in [5.74, 6) is -0.177. The monoisotopic (exact) mass is 516 g/mol. The van der Waals surface area contributed by atoms with Crippen LogP contribution in [0.1, 0.15) is 33.6 Å². The first-order valence-electron chi connectivity index (χ1n) is 12.7. The number of ether oxygens (including phenoxy) is 1. The van der Waals surface area contributed by atoms with Gasteiger partial charge in [0.15, 0.2) is 5.82 Å². The minimum absolute atomic E-state index is 0.0150. The van der Waals surface area contributed by atoms with Gasteiger partial charge in [-0.2, -0.15) is 4.98 Å². The molecule has 4 aromatic rings. The maximum atomic E-state index is 16.1. The Hall–Kier alpha value is -4.21. The summed E-state index contributed by atoms with van der Waals surface area (Å²) in [6.07, 6.45) is 2.94. The molecule has 2 bridgehead atoms. The Labute approximate surface area is 219 Å². The number of fused-ring (bicyclic) bond motifs is 4. The predicted octanol–water partition coefficient (Wildman–Crippen LogP) is 4.86. The number of anilines is 2. The Balaban J connectivity index is 1.39. The standard InChI is InChI=1S/C28H29FN6O3/c1-28(2,3)38-27(37)35-16-8-9-17(35)14-34(13-16)25-21-12-31-23(22(29)24(21)32-26(30)33-25)20-11-18(36)10-15-6-4-5-7-19(15)20/h4-7,10-12,16-17,36H,8-9,13-14H2,1-3H3,(H2,30,32,33). The summed E-state index contributed by atoms with van der Waals surface area (Å²) >= 11 is 0. The summed E-state index contributed by atoms with van der Waals surface area (Å²) in [6.45, 7) is 6.60. The highest BCUT2D eigenvalue weighted by Gasteiger charge is 2.45. The van der Waals surface area contributed by atoms with E-state index in [-0.39, 0.29) is 41.1 Å². The lowest BCUT2D eigenvalue weighted by Gasteiger charge is -2.42.